The summed E-state index contributed by atoms with van der Waals surface area (Å²) in [6.45, 7) is 1.97. The Bertz CT molecular complexity index is 1290. The van der Waals surface area contributed by atoms with Gasteiger partial charge in [0, 0.05) is 29.4 Å². The molecule has 1 aliphatic heterocycles. The summed E-state index contributed by atoms with van der Waals surface area (Å²) < 4.78 is 2.85. The van der Waals surface area contributed by atoms with Crippen molar-refractivity contribution in [3.63, 3.8) is 0 Å². The highest BCUT2D eigenvalue weighted by Crippen LogP contribution is 2.46. The Hall–Kier alpha value is -3.13. The molecule has 28 heavy (non-hydrogen) atoms. The highest BCUT2D eigenvalue weighted by Gasteiger charge is 2.43. The molecule has 4 aromatic rings. The molecule has 1 aliphatic carbocycles. The van der Waals surface area contributed by atoms with Gasteiger partial charge in [-0.2, -0.15) is 10.1 Å². The molecule has 1 fully saturated rings. The van der Waals surface area contributed by atoms with E-state index in [1.54, 1.807) is 11.3 Å². The Balaban J connectivity index is 1.38. The van der Waals surface area contributed by atoms with Gasteiger partial charge in [-0.25, -0.2) is 14.5 Å². The number of hydrogen-bond donors (Lipinski definition) is 0. The minimum atomic E-state index is 0.0422. The van der Waals surface area contributed by atoms with Crippen molar-refractivity contribution in [1.29, 1.82) is 0 Å². The summed E-state index contributed by atoms with van der Waals surface area (Å²) in [5.74, 6) is 0.850. The number of amides is 1. The standard InChI is InChI=1S/C20H16N6OS/c1-11-4-17(26-20(24-11)21-9-23-26)14-5-12-6-16(14)25(8-12)19(27)13-2-3-15-18(7-13)28-10-22-15/h2-4,7-10,14,16H,5-6H2,1H3/t14-,16?/m1/s1. The largest absolute Gasteiger partial charge is 0.311 e. The predicted molar refractivity (Wildman–Crippen MR) is 105 cm³/mol. The topological polar surface area (TPSA) is 76.3 Å². The number of fused-ring (bicyclic) bond motifs is 4. The number of benzene rings is 1. The molecule has 4 heterocycles. The van der Waals surface area contributed by atoms with Crippen molar-refractivity contribution in [2.45, 2.75) is 31.7 Å². The molecule has 0 N–H and O–H groups in total. The van der Waals surface area contributed by atoms with E-state index in [9.17, 15) is 4.79 Å². The number of thiazole rings is 1. The molecule has 2 bridgehead atoms. The fourth-order valence-corrected chi connectivity index (χ4v) is 5.19. The predicted octanol–water partition coefficient (Wildman–Crippen LogP) is 3.33. The third kappa shape index (κ3) is 2.24. The average Bonchev–Trinajstić information content (AvgIpc) is 3.48. The molecule has 0 spiro atoms. The Labute approximate surface area is 164 Å². The summed E-state index contributed by atoms with van der Waals surface area (Å²) in [6, 6.07) is 7.91. The Morgan fingerprint density at radius 3 is 3.04 bits per heavy atom. The zero-order valence-corrected chi connectivity index (χ0v) is 15.9. The summed E-state index contributed by atoms with van der Waals surface area (Å²) in [4.78, 5) is 28.2. The van der Waals surface area contributed by atoms with Crippen LogP contribution in [-0.4, -0.2) is 41.4 Å². The first-order valence-electron chi connectivity index (χ1n) is 9.20. The lowest BCUT2D eigenvalue weighted by Gasteiger charge is -2.30. The third-order valence-corrected chi connectivity index (χ3v) is 6.49. The molecule has 1 saturated carbocycles. The lowest BCUT2D eigenvalue weighted by molar-refractivity contribution is 0.0767. The van der Waals surface area contributed by atoms with Crippen molar-refractivity contribution >= 4 is 33.2 Å². The van der Waals surface area contributed by atoms with Crippen LogP contribution >= 0.6 is 11.3 Å². The minimum Gasteiger partial charge on any atom is -0.311 e. The van der Waals surface area contributed by atoms with Gasteiger partial charge in [0.05, 0.1) is 21.4 Å². The molecule has 2 atom stereocenters. The lowest BCUT2D eigenvalue weighted by atomic mass is 9.95. The van der Waals surface area contributed by atoms with Crippen LogP contribution in [0.2, 0.25) is 0 Å². The molecule has 1 amide bonds. The first kappa shape index (κ1) is 15.9. The second kappa shape index (κ2) is 5.68. The van der Waals surface area contributed by atoms with Crippen molar-refractivity contribution in [2.24, 2.45) is 0 Å². The van der Waals surface area contributed by atoms with E-state index < -0.39 is 0 Å². The van der Waals surface area contributed by atoms with E-state index in [1.807, 2.05) is 46.2 Å². The summed E-state index contributed by atoms with van der Waals surface area (Å²) >= 11 is 1.56. The van der Waals surface area contributed by atoms with E-state index in [0.29, 0.717) is 11.3 Å². The number of aryl methyl sites for hydroxylation is 1. The maximum absolute atomic E-state index is 13.3. The number of rotatable bonds is 2. The van der Waals surface area contributed by atoms with Crippen LogP contribution in [0.25, 0.3) is 16.0 Å². The highest BCUT2D eigenvalue weighted by molar-refractivity contribution is 7.16. The third-order valence-electron chi connectivity index (χ3n) is 5.70. The van der Waals surface area contributed by atoms with Crippen molar-refractivity contribution < 1.29 is 4.79 Å². The van der Waals surface area contributed by atoms with E-state index in [2.05, 4.69) is 26.1 Å². The van der Waals surface area contributed by atoms with Crippen molar-refractivity contribution in [3.8, 4) is 0 Å². The van der Waals surface area contributed by atoms with E-state index >= 15 is 0 Å². The number of aromatic nitrogens is 5. The number of nitrogens with zero attached hydrogens (tertiary/aromatic N) is 6. The molecule has 1 aromatic carbocycles. The molecular weight excluding hydrogens is 372 g/mol. The van der Waals surface area contributed by atoms with Gasteiger partial charge in [0.1, 0.15) is 6.33 Å². The molecule has 3 aromatic heterocycles. The second-order valence-corrected chi connectivity index (χ2v) is 8.30. The maximum Gasteiger partial charge on any atom is 0.258 e. The van der Waals surface area contributed by atoms with Gasteiger partial charge in [-0.15, -0.1) is 11.3 Å². The van der Waals surface area contributed by atoms with Gasteiger partial charge in [0.2, 0.25) is 0 Å². The van der Waals surface area contributed by atoms with Crippen molar-refractivity contribution in [2.75, 3.05) is 0 Å². The van der Waals surface area contributed by atoms with E-state index in [-0.39, 0.29) is 17.9 Å². The van der Waals surface area contributed by atoms with Gasteiger partial charge >= 0.3 is 0 Å². The normalized spacial score (nSPS) is 21.0. The van der Waals surface area contributed by atoms with Crippen LogP contribution < -0.4 is 0 Å². The van der Waals surface area contributed by atoms with Crippen LogP contribution in [-0.2, 0) is 0 Å². The van der Waals surface area contributed by atoms with Crippen LogP contribution in [0.5, 0.6) is 0 Å². The summed E-state index contributed by atoms with van der Waals surface area (Å²) in [5.41, 5.74) is 6.75. The first-order valence-corrected chi connectivity index (χ1v) is 10.1. The summed E-state index contributed by atoms with van der Waals surface area (Å²) in [5, 5.41) is 4.36. The fourth-order valence-electron chi connectivity index (χ4n) is 4.47. The van der Waals surface area contributed by atoms with E-state index in [4.69, 9.17) is 0 Å². The smallest absolute Gasteiger partial charge is 0.258 e. The van der Waals surface area contributed by atoms with Gasteiger partial charge in [0.15, 0.2) is 0 Å². The van der Waals surface area contributed by atoms with Gasteiger partial charge in [0.25, 0.3) is 11.7 Å². The van der Waals surface area contributed by atoms with Crippen LogP contribution in [0.3, 0.4) is 0 Å². The number of carbonyl (C=O) groups excluding carboxylic acids is 1. The fraction of sp³-hybridized carbons (Fsp3) is 0.250. The minimum absolute atomic E-state index is 0.0422. The first-order chi connectivity index (χ1) is 13.7. The Morgan fingerprint density at radius 1 is 1.21 bits per heavy atom. The van der Waals surface area contributed by atoms with Gasteiger partial charge in [-0.1, -0.05) is 5.57 Å². The number of carbonyl (C=O) groups is 1. The van der Waals surface area contributed by atoms with Crippen molar-refractivity contribution in [3.05, 3.63) is 64.8 Å². The molecule has 138 valence electrons. The Morgan fingerprint density at radius 2 is 2.14 bits per heavy atom. The molecule has 8 heteroatoms. The molecule has 7 nitrogen and oxygen atoms in total. The lowest BCUT2D eigenvalue weighted by Crippen LogP contribution is -2.37. The van der Waals surface area contributed by atoms with Crippen LogP contribution in [0, 0.1) is 6.92 Å². The van der Waals surface area contributed by atoms with Gasteiger partial charge in [-0.3, -0.25) is 4.79 Å². The molecule has 0 radical (unpaired) electrons. The monoisotopic (exact) mass is 388 g/mol. The SMILES string of the molecule is Cc1cc([C@@H]2CC3=CN(C(=O)c4ccc5ncsc5c4)C2C3)n2ncnc2n1. The zero-order chi connectivity index (χ0) is 18.8. The quantitative estimate of drug-likeness (QED) is 0.526. The van der Waals surface area contributed by atoms with Crippen LogP contribution in [0.4, 0.5) is 0 Å². The summed E-state index contributed by atoms with van der Waals surface area (Å²) in [6.07, 6.45) is 5.43. The molecule has 0 saturated heterocycles. The van der Waals surface area contributed by atoms with Crippen molar-refractivity contribution in [1.82, 2.24) is 29.5 Å². The molecule has 1 unspecified atom stereocenters. The molecule has 6 rings (SSSR count). The van der Waals surface area contributed by atoms with Gasteiger partial charge in [-0.05, 0) is 44.0 Å². The maximum atomic E-state index is 13.3. The highest BCUT2D eigenvalue weighted by atomic mass is 32.1. The van der Waals surface area contributed by atoms with Crippen LogP contribution in [0.1, 0.15) is 40.5 Å². The van der Waals surface area contributed by atoms with E-state index in [1.165, 1.54) is 11.9 Å². The van der Waals surface area contributed by atoms with Gasteiger partial charge < -0.3 is 4.90 Å². The molecule has 2 aliphatic rings. The molecular formula is C20H16N6OS. The summed E-state index contributed by atoms with van der Waals surface area (Å²) in [7, 11) is 0. The van der Waals surface area contributed by atoms with E-state index in [0.717, 1.165) is 34.4 Å². The average molecular weight is 388 g/mol. The van der Waals surface area contributed by atoms with Crippen LogP contribution in [0.15, 0.2) is 47.9 Å². The zero-order valence-electron chi connectivity index (χ0n) is 15.1. The number of hydrogen-bond acceptors (Lipinski definition) is 6. The Kier molecular flexibility index (Phi) is 3.22. The second-order valence-electron chi connectivity index (χ2n) is 7.41.